The van der Waals surface area contributed by atoms with Crippen LogP contribution < -0.4 is 5.30 Å². The molecule has 0 aliphatic carbocycles. The van der Waals surface area contributed by atoms with Gasteiger partial charge in [0, 0.05) is 10.8 Å². The molecular formula is C14H10O2P+. The monoisotopic (exact) mass is 241 g/mol. The van der Waals surface area contributed by atoms with E-state index >= 15 is 0 Å². The van der Waals surface area contributed by atoms with E-state index in [1.54, 1.807) is 0 Å². The smallest absolute Gasteiger partial charge is 0.156 e. The molecule has 0 bridgehead atoms. The van der Waals surface area contributed by atoms with Gasteiger partial charge in [-0.25, -0.2) is 0 Å². The molecule has 0 aromatic heterocycles. The Kier molecular flexibility index (Phi) is 2.40. The topological polar surface area (TPSA) is 37.3 Å². The first kappa shape index (κ1) is 10.4. The van der Waals surface area contributed by atoms with Crippen LogP contribution in [0.2, 0.25) is 0 Å². The second-order valence-corrected chi connectivity index (χ2v) is 4.93. The summed E-state index contributed by atoms with van der Waals surface area (Å²) < 4.78 is 11.6. The van der Waals surface area contributed by atoms with Crippen LogP contribution in [0, 0.1) is 0 Å². The van der Waals surface area contributed by atoms with Crippen LogP contribution in [-0.2, 0) is 4.57 Å². The van der Waals surface area contributed by atoms with Gasteiger partial charge in [0.1, 0.15) is 0 Å². The fourth-order valence-corrected chi connectivity index (χ4v) is 3.02. The van der Waals surface area contributed by atoms with Crippen molar-refractivity contribution in [2.75, 3.05) is 0 Å². The third-order valence-electron chi connectivity index (χ3n) is 2.93. The summed E-state index contributed by atoms with van der Waals surface area (Å²) in [7, 11) is -2.35. The van der Waals surface area contributed by atoms with Gasteiger partial charge in [0.15, 0.2) is 0 Å². The highest BCUT2D eigenvalue weighted by molar-refractivity contribution is 7.48. The van der Waals surface area contributed by atoms with Gasteiger partial charge in [-0.1, -0.05) is 36.4 Å². The van der Waals surface area contributed by atoms with E-state index in [4.69, 9.17) is 0 Å². The normalized spacial score (nSPS) is 11.9. The molecule has 0 spiro atoms. The molecule has 0 aliphatic heterocycles. The van der Waals surface area contributed by atoms with Gasteiger partial charge in [0.25, 0.3) is 0 Å². The van der Waals surface area contributed by atoms with Crippen LogP contribution in [0.3, 0.4) is 0 Å². The molecule has 2 nitrogen and oxygen atoms in total. The van der Waals surface area contributed by atoms with Crippen LogP contribution in [0.15, 0.2) is 54.6 Å². The summed E-state index contributed by atoms with van der Waals surface area (Å²) in [5.41, 5.74) is 0. The van der Waals surface area contributed by atoms with E-state index in [1.165, 1.54) is 0 Å². The molecule has 3 heteroatoms. The van der Waals surface area contributed by atoms with E-state index in [9.17, 15) is 9.46 Å². The van der Waals surface area contributed by atoms with Crippen LogP contribution in [0.25, 0.3) is 21.5 Å². The maximum Gasteiger partial charge on any atom is 0.547 e. The standard InChI is InChI=1S/C14H9O2P/c15-17(16)14-12-7-3-1-5-10(12)9-11-6-2-4-8-13(11)14/h1-9H/p+1. The highest BCUT2D eigenvalue weighted by Gasteiger charge is 2.23. The number of hydrogen-bond donors (Lipinski definition) is 1. The molecule has 0 heterocycles. The van der Waals surface area contributed by atoms with Crippen molar-refractivity contribution in [1.82, 2.24) is 0 Å². The van der Waals surface area contributed by atoms with Crippen LogP contribution in [0.5, 0.6) is 0 Å². The van der Waals surface area contributed by atoms with Crippen molar-refractivity contribution in [3.05, 3.63) is 54.6 Å². The van der Waals surface area contributed by atoms with E-state index in [2.05, 4.69) is 0 Å². The number of fused-ring (bicyclic) bond motifs is 2. The average Bonchev–Trinajstić information content (AvgIpc) is 2.35. The van der Waals surface area contributed by atoms with Gasteiger partial charge in [0.05, 0.1) is 0 Å². The highest BCUT2D eigenvalue weighted by Crippen LogP contribution is 2.28. The lowest BCUT2D eigenvalue weighted by atomic mass is 10.0. The maximum absolute atomic E-state index is 11.6. The maximum atomic E-state index is 11.6. The van der Waals surface area contributed by atoms with E-state index in [1.807, 2.05) is 54.6 Å². The minimum absolute atomic E-state index is 0.536. The van der Waals surface area contributed by atoms with E-state index < -0.39 is 8.03 Å². The molecule has 1 unspecified atom stereocenters. The minimum Gasteiger partial charge on any atom is -0.156 e. The van der Waals surface area contributed by atoms with Gasteiger partial charge >= 0.3 is 8.03 Å². The van der Waals surface area contributed by atoms with Gasteiger partial charge in [-0.3, -0.25) is 0 Å². The lowest BCUT2D eigenvalue weighted by Crippen LogP contribution is -2.00. The Morgan fingerprint density at radius 2 is 1.29 bits per heavy atom. The van der Waals surface area contributed by atoms with Gasteiger partial charge in [-0.15, -0.1) is 0 Å². The van der Waals surface area contributed by atoms with Crippen molar-refractivity contribution in [3.8, 4) is 0 Å². The van der Waals surface area contributed by atoms with Crippen LogP contribution in [0.4, 0.5) is 0 Å². The fraction of sp³-hybridized carbons (Fsp3) is 0. The van der Waals surface area contributed by atoms with Crippen molar-refractivity contribution in [1.29, 1.82) is 0 Å². The minimum atomic E-state index is -2.35. The zero-order valence-corrected chi connectivity index (χ0v) is 9.89. The Morgan fingerprint density at radius 3 is 1.76 bits per heavy atom. The molecule has 1 atom stereocenters. The summed E-state index contributed by atoms with van der Waals surface area (Å²) in [5.74, 6) is 0. The first-order chi connectivity index (χ1) is 8.27. The first-order valence-corrected chi connectivity index (χ1v) is 6.55. The average molecular weight is 241 g/mol. The molecule has 0 amide bonds. The molecule has 82 valence electrons. The fourth-order valence-electron chi connectivity index (χ4n) is 2.20. The second kappa shape index (κ2) is 3.92. The zero-order chi connectivity index (χ0) is 11.8. The van der Waals surface area contributed by atoms with Crippen molar-refractivity contribution in [2.45, 2.75) is 0 Å². The summed E-state index contributed by atoms with van der Waals surface area (Å²) in [6.07, 6.45) is 0. The van der Waals surface area contributed by atoms with Gasteiger partial charge in [-0.2, -0.15) is 4.89 Å². The Morgan fingerprint density at radius 1 is 0.824 bits per heavy atom. The number of rotatable bonds is 1. The van der Waals surface area contributed by atoms with Gasteiger partial charge in [-0.05, 0) is 33.5 Å². The van der Waals surface area contributed by atoms with Crippen molar-refractivity contribution in [3.63, 3.8) is 0 Å². The third-order valence-corrected chi connectivity index (χ3v) is 3.80. The quantitative estimate of drug-likeness (QED) is 0.524. The largest absolute Gasteiger partial charge is 0.547 e. The highest BCUT2D eigenvalue weighted by atomic mass is 31.1. The van der Waals surface area contributed by atoms with Gasteiger partial charge in [0.2, 0.25) is 5.30 Å². The van der Waals surface area contributed by atoms with Crippen molar-refractivity contribution < 1.29 is 9.46 Å². The van der Waals surface area contributed by atoms with Crippen molar-refractivity contribution in [2.24, 2.45) is 0 Å². The molecule has 3 rings (SSSR count). The molecule has 1 N–H and O–H groups in total. The van der Waals surface area contributed by atoms with E-state index in [-0.39, 0.29) is 0 Å². The molecule has 0 aliphatic rings. The van der Waals surface area contributed by atoms with E-state index in [0.717, 1.165) is 21.5 Å². The molecule has 3 aromatic carbocycles. The van der Waals surface area contributed by atoms with Crippen LogP contribution in [-0.4, -0.2) is 4.89 Å². The molecule has 0 radical (unpaired) electrons. The summed E-state index contributed by atoms with van der Waals surface area (Å²) in [5, 5.41) is 4.25. The predicted molar refractivity (Wildman–Crippen MR) is 70.9 cm³/mol. The lowest BCUT2D eigenvalue weighted by Gasteiger charge is -2.02. The third kappa shape index (κ3) is 1.62. The van der Waals surface area contributed by atoms with Crippen molar-refractivity contribution >= 4 is 34.9 Å². The van der Waals surface area contributed by atoms with Gasteiger partial charge < -0.3 is 0 Å². The number of hydrogen-bond acceptors (Lipinski definition) is 1. The summed E-state index contributed by atoms with van der Waals surface area (Å²) in [6.45, 7) is 0. The number of benzene rings is 3. The molecular weight excluding hydrogens is 231 g/mol. The Labute approximate surface area is 99.4 Å². The summed E-state index contributed by atoms with van der Waals surface area (Å²) in [6, 6.07) is 17.4. The molecule has 0 saturated heterocycles. The Balaban J connectivity index is 2.61. The molecule has 3 aromatic rings. The first-order valence-electron chi connectivity index (χ1n) is 5.34. The molecule has 0 fully saturated rings. The molecule has 17 heavy (non-hydrogen) atoms. The molecule has 0 saturated carbocycles. The lowest BCUT2D eigenvalue weighted by molar-refractivity contribution is 0.514. The van der Waals surface area contributed by atoms with Crippen LogP contribution in [0.1, 0.15) is 0 Å². The zero-order valence-electron chi connectivity index (χ0n) is 9.00. The Hall–Kier alpha value is -1.76. The Bertz CT molecular complexity index is 680. The summed E-state index contributed by atoms with van der Waals surface area (Å²) in [4.78, 5) is 9.53. The SMILES string of the molecule is O=[P+](O)c1c2ccccc2cc2ccccc12. The predicted octanol–water partition coefficient (Wildman–Crippen LogP) is 3.35. The second-order valence-electron chi connectivity index (χ2n) is 3.94. The van der Waals surface area contributed by atoms with E-state index in [0.29, 0.717) is 5.30 Å². The summed E-state index contributed by atoms with van der Waals surface area (Å²) >= 11 is 0. The van der Waals surface area contributed by atoms with Crippen LogP contribution >= 0.6 is 8.03 Å².